The van der Waals surface area contributed by atoms with E-state index >= 15 is 0 Å². The first-order valence-electron chi connectivity index (χ1n) is 9.15. The first-order chi connectivity index (χ1) is 13.9. The van der Waals surface area contributed by atoms with Crippen molar-refractivity contribution in [3.05, 3.63) is 63.2 Å². The van der Waals surface area contributed by atoms with Crippen LogP contribution < -0.4 is 14.8 Å². The molecule has 1 fully saturated rings. The van der Waals surface area contributed by atoms with Gasteiger partial charge in [-0.15, -0.1) is 0 Å². The van der Waals surface area contributed by atoms with Gasteiger partial charge in [-0.3, -0.25) is 14.9 Å². The highest BCUT2D eigenvalue weighted by atomic mass is 16.6. The third-order valence-corrected chi connectivity index (χ3v) is 4.94. The molecule has 1 heterocycles. The van der Waals surface area contributed by atoms with Crippen molar-refractivity contribution < 1.29 is 29.1 Å². The van der Waals surface area contributed by atoms with Gasteiger partial charge in [-0.25, -0.2) is 4.79 Å². The Morgan fingerprint density at radius 3 is 2.41 bits per heavy atom. The van der Waals surface area contributed by atoms with Crippen LogP contribution in [0, 0.1) is 16.0 Å². The number of hydrogen-bond acceptors (Lipinski definition) is 6. The summed E-state index contributed by atoms with van der Waals surface area (Å²) in [6, 6.07) is 8.31. The van der Waals surface area contributed by atoms with E-state index in [1.807, 2.05) is 12.1 Å². The number of carbonyl (C=O) groups excluding carboxylic acids is 1. The number of amides is 1. The van der Waals surface area contributed by atoms with Gasteiger partial charge < -0.3 is 19.9 Å². The molecule has 0 spiro atoms. The maximum Gasteiger partial charge on any atom is 0.335 e. The fourth-order valence-electron chi connectivity index (χ4n) is 3.35. The average Bonchev–Trinajstić information content (AvgIpc) is 3.56. The average molecular weight is 398 g/mol. The van der Waals surface area contributed by atoms with Crippen LogP contribution in [0.15, 0.2) is 36.4 Å². The number of rotatable bonds is 6. The van der Waals surface area contributed by atoms with E-state index in [4.69, 9.17) is 9.47 Å². The van der Waals surface area contributed by atoms with Crippen molar-refractivity contribution in [2.75, 3.05) is 13.2 Å². The molecule has 4 rings (SSSR count). The van der Waals surface area contributed by atoms with Gasteiger partial charge in [-0.1, -0.05) is 6.07 Å². The lowest BCUT2D eigenvalue weighted by Gasteiger charge is -2.23. The summed E-state index contributed by atoms with van der Waals surface area (Å²) < 4.78 is 11.1. The van der Waals surface area contributed by atoms with Crippen molar-refractivity contribution in [2.45, 2.75) is 18.9 Å². The predicted molar refractivity (Wildman–Crippen MR) is 100 cm³/mol. The van der Waals surface area contributed by atoms with E-state index in [1.54, 1.807) is 6.07 Å². The summed E-state index contributed by atoms with van der Waals surface area (Å²) in [6.45, 7) is 0.927. The Balaban J connectivity index is 1.62. The van der Waals surface area contributed by atoms with Crippen LogP contribution in [0.3, 0.4) is 0 Å². The van der Waals surface area contributed by atoms with E-state index in [9.17, 15) is 24.8 Å². The summed E-state index contributed by atoms with van der Waals surface area (Å²) in [7, 11) is 0. The molecule has 2 aromatic rings. The minimum absolute atomic E-state index is 0.0696. The minimum atomic E-state index is -1.34. The number of fused-ring (bicyclic) bond motifs is 1. The molecule has 2 aliphatic rings. The Bertz CT molecular complexity index is 968. The van der Waals surface area contributed by atoms with Crippen molar-refractivity contribution in [1.29, 1.82) is 0 Å². The van der Waals surface area contributed by atoms with Crippen LogP contribution in [0.5, 0.6) is 11.5 Å². The number of non-ortho nitro benzene ring substituents is 1. The molecule has 1 amide bonds. The van der Waals surface area contributed by atoms with Crippen molar-refractivity contribution in [2.24, 2.45) is 5.92 Å². The Kier molecular flexibility index (Phi) is 4.79. The van der Waals surface area contributed by atoms with Gasteiger partial charge in [0.15, 0.2) is 11.5 Å². The standard InChI is InChI=1S/C20H18N2O7/c23-19(13-7-14(20(24)25)9-15(8-13)22(26)27)21-18(11-1-2-11)12-3-4-16-17(10-12)29-6-5-28-16/h3-4,7-11,18H,1-2,5-6H2,(H,21,23)(H,24,25). The molecular formula is C20H18N2O7. The second-order valence-electron chi connectivity index (χ2n) is 7.02. The van der Waals surface area contributed by atoms with Crippen LogP contribution in [0.4, 0.5) is 5.69 Å². The molecule has 0 bridgehead atoms. The highest BCUT2D eigenvalue weighted by Gasteiger charge is 2.34. The van der Waals surface area contributed by atoms with Crippen LogP contribution in [-0.4, -0.2) is 35.1 Å². The zero-order chi connectivity index (χ0) is 20.5. The molecule has 9 nitrogen and oxygen atoms in total. The van der Waals surface area contributed by atoms with Gasteiger partial charge in [-0.05, 0) is 42.5 Å². The highest BCUT2D eigenvalue weighted by Crippen LogP contribution is 2.43. The first-order valence-corrected chi connectivity index (χ1v) is 9.15. The SMILES string of the molecule is O=C(O)c1cc(C(=O)NC(c2ccc3c(c2)OCCO3)C2CC2)cc([N+](=O)[O-])c1. The summed E-state index contributed by atoms with van der Waals surface area (Å²) in [5.41, 5.74) is 0.0118. The number of nitrogens with zero attached hydrogens (tertiary/aromatic N) is 1. The molecule has 1 saturated carbocycles. The topological polar surface area (TPSA) is 128 Å². The van der Waals surface area contributed by atoms with Crippen molar-refractivity contribution in [3.63, 3.8) is 0 Å². The lowest BCUT2D eigenvalue weighted by molar-refractivity contribution is -0.384. The number of aromatic carboxylic acids is 1. The molecule has 2 aromatic carbocycles. The number of nitro benzene ring substituents is 1. The van der Waals surface area contributed by atoms with Crippen LogP contribution in [0.1, 0.15) is 45.2 Å². The quantitative estimate of drug-likeness (QED) is 0.565. The fraction of sp³-hybridized carbons (Fsp3) is 0.300. The van der Waals surface area contributed by atoms with E-state index in [0.717, 1.165) is 36.6 Å². The number of carboxylic acids is 1. The van der Waals surface area contributed by atoms with Crippen molar-refractivity contribution >= 4 is 17.6 Å². The molecule has 2 N–H and O–H groups in total. The number of ether oxygens (including phenoxy) is 2. The summed E-state index contributed by atoms with van der Waals surface area (Å²) in [5.74, 6) is -0.418. The maximum absolute atomic E-state index is 12.8. The fourth-order valence-corrected chi connectivity index (χ4v) is 3.35. The smallest absolute Gasteiger partial charge is 0.335 e. The molecule has 9 heteroatoms. The van der Waals surface area contributed by atoms with Gasteiger partial charge in [0.05, 0.1) is 16.5 Å². The minimum Gasteiger partial charge on any atom is -0.486 e. The van der Waals surface area contributed by atoms with E-state index in [0.29, 0.717) is 24.7 Å². The zero-order valence-electron chi connectivity index (χ0n) is 15.3. The first kappa shape index (κ1) is 18.7. The third-order valence-electron chi connectivity index (χ3n) is 4.94. The van der Waals surface area contributed by atoms with Gasteiger partial charge in [0.1, 0.15) is 13.2 Å². The summed E-state index contributed by atoms with van der Waals surface area (Å²) >= 11 is 0. The number of benzene rings is 2. The second-order valence-corrected chi connectivity index (χ2v) is 7.02. The molecule has 1 unspecified atom stereocenters. The van der Waals surface area contributed by atoms with E-state index in [1.165, 1.54) is 0 Å². The van der Waals surface area contributed by atoms with Crippen LogP contribution >= 0.6 is 0 Å². The van der Waals surface area contributed by atoms with Gasteiger partial charge in [0.25, 0.3) is 11.6 Å². The van der Waals surface area contributed by atoms with Crippen LogP contribution in [0.2, 0.25) is 0 Å². The number of hydrogen-bond donors (Lipinski definition) is 2. The summed E-state index contributed by atoms with van der Waals surface area (Å²) in [5, 5.41) is 23.2. The molecular weight excluding hydrogens is 380 g/mol. The van der Waals surface area contributed by atoms with E-state index in [-0.39, 0.29) is 23.1 Å². The Morgan fingerprint density at radius 1 is 1.07 bits per heavy atom. The van der Waals surface area contributed by atoms with Crippen molar-refractivity contribution in [3.8, 4) is 11.5 Å². The molecule has 1 atom stereocenters. The number of nitro groups is 1. The van der Waals surface area contributed by atoms with Gasteiger partial charge in [0, 0.05) is 17.7 Å². The molecule has 1 aliphatic carbocycles. The molecule has 0 aromatic heterocycles. The Morgan fingerprint density at radius 2 is 1.76 bits per heavy atom. The molecule has 0 radical (unpaired) electrons. The third kappa shape index (κ3) is 3.98. The van der Waals surface area contributed by atoms with E-state index in [2.05, 4.69) is 5.32 Å². The Hall–Kier alpha value is -3.62. The highest BCUT2D eigenvalue weighted by molar-refractivity contribution is 5.98. The number of nitrogens with one attached hydrogen (secondary N) is 1. The molecule has 150 valence electrons. The monoisotopic (exact) mass is 398 g/mol. The van der Waals surface area contributed by atoms with Crippen LogP contribution in [-0.2, 0) is 0 Å². The number of carbonyl (C=O) groups is 2. The lowest BCUT2D eigenvalue weighted by Crippen LogP contribution is -2.30. The van der Waals surface area contributed by atoms with Gasteiger partial charge >= 0.3 is 5.97 Å². The van der Waals surface area contributed by atoms with Crippen LogP contribution in [0.25, 0.3) is 0 Å². The summed E-state index contributed by atoms with van der Waals surface area (Å²) in [4.78, 5) is 34.5. The van der Waals surface area contributed by atoms with Gasteiger partial charge in [-0.2, -0.15) is 0 Å². The van der Waals surface area contributed by atoms with Gasteiger partial charge in [0.2, 0.25) is 0 Å². The lowest BCUT2D eigenvalue weighted by atomic mass is 10.0. The number of carboxylic acid groups (broad SMARTS) is 1. The normalized spacial score (nSPS) is 16.0. The predicted octanol–water partition coefficient (Wildman–Crippen LogP) is 2.95. The maximum atomic E-state index is 12.8. The largest absolute Gasteiger partial charge is 0.486 e. The molecule has 29 heavy (non-hydrogen) atoms. The molecule has 0 saturated heterocycles. The second kappa shape index (κ2) is 7.42. The molecule has 1 aliphatic heterocycles. The zero-order valence-corrected chi connectivity index (χ0v) is 15.3. The Labute approximate surface area is 165 Å². The summed E-state index contributed by atoms with van der Waals surface area (Å²) in [6.07, 6.45) is 1.88. The van der Waals surface area contributed by atoms with E-state index < -0.39 is 22.5 Å². The van der Waals surface area contributed by atoms with Crippen molar-refractivity contribution in [1.82, 2.24) is 5.32 Å².